The zero-order chi connectivity index (χ0) is 21.2. The minimum Gasteiger partial charge on any atom is -0.480 e. The highest BCUT2D eigenvalue weighted by molar-refractivity contribution is 7.18. The van der Waals surface area contributed by atoms with E-state index in [1.54, 1.807) is 0 Å². The molecule has 1 aliphatic rings. The van der Waals surface area contributed by atoms with Gasteiger partial charge in [-0.25, -0.2) is 4.98 Å². The van der Waals surface area contributed by atoms with E-state index >= 15 is 0 Å². The molecule has 1 fully saturated rings. The molecule has 0 saturated carbocycles. The van der Waals surface area contributed by atoms with Crippen LogP contribution in [0.2, 0.25) is 0 Å². The van der Waals surface area contributed by atoms with Crippen LogP contribution in [0.25, 0.3) is 10.2 Å². The molecule has 29 heavy (non-hydrogen) atoms. The van der Waals surface area contributed by atoms with Crippen LogP contribution in [0, 0.1) is 0 Å². The maximum absolute atomic E-state index is 12.5. The highest BCUT2D eigenvalue weighted by atomic mass is 32.1. The minimum atomic E-state index is -4.52. The standard InChI is InChI=1S/C17H20F3N5O3S/c1-2-10-7-11-14(22-16(21-9-13(27)28)23-15(11)29-10)25-5-3-24(4-6-25)12(26)8-17(18,19)20/h7H,2-6,8-9H2,1H3,(H,27,28)(H,21,22,23). The van der Waals surface area contributed by atoms with Crippen LogP contribution < -0.4 is 10.2 Å². The number of amides is 1. The Bertz CT molecular complexity index is 910. The van der Waals surface area contributed by atoms with Crippen molar-refractivity contribution >= 4 is 45.2 Å². The fraction of sp³-hybridized carbons (Fsp3) is 0.529. The molecule has 1 aliphatic heterocycles. The second kappa shape index (κ2) is 8.39. The SMILES string of the molecule is CCc1cc2c(N3CCN(C(=O)CC(F)(F)F)CC3)nc(NCC(=O)O)nc2s1. The number of alkyl halides is 3. The number of thiophene rings is 1. The Hall–Kier alpha value is -2.63. The number of hydrogen-bond acceptors (Lipinski definition) is 7. The third kappa shape index (κ3) is 5.25. The van der Waals surface area contributed by atoms with Crippen LogP contribution in [0.5, 0.6) is 0 Å². The summed E-state index contributed by atoms with van der Waals surface area (Å²) >= 11 is 1.48. The van der Waals surface area contributed by atoms with E-state index in [9.17, 15) is 22.8 Å². The first kappa shape index (κ1) is 21.1. The summed E-state index contributed by atoms with van der Waals surface area (Å²) in [5.41, 5.74) is 0. The van der Waals surface area contributed by atoms with Gasteiger partial charge in [0.2, 0.25) is 11.9 Å². The Kier molecular flexibility index (Phi) is 6.10. The molecule has 2 N–H and O–H groups in total. The molecule has 0 unspecified atom stereocenters. The van der Waals surface area contributed by atoms with Crippen molar-refractivity contribution in [3.05, 3.63) is 10.9 Å². The number of hydrogen-bond donors (Lipinski definition) is 2. The van der Waals surface area contributed by atoms with Crippen molar-refractivity contribution < 1.29 is 27.9 Å². The summed E-state index contributed by atoms with van der Waals surface area (Å²) in [6, 6.07) is 1.97. The summed E-state index contributed by atoms with van der Waals surface area (Å²) in [5.74, 6) is -1.22. The number of aliphatic carboxylic acids is 1. The van der Waals surface area contributed by atoms with E-state index in [0.29, 0.717) is 23.7 Å². The third-order valence-corrected chi connectivity index (χ3v) is 5.63. The van der Waals surface area contributed by atoms with E-state index in [-0.39, 0.29) is 25.6 Å². The van der Waals surface area contributed by atoms with Crippen molar-refractivity contribution in [3.63, 3.8) is 0 Å². The molecule has 0 radical (unpaired) electrons. The number of nitrogens with one attached hydrogen (secondary N) is 1. The molecule has 3 heterocycles. The molecular weight excluding hydrogens is 411 g/mol. The number of aromatic nitrogens is 2. The number of nitrogens with zero attached hydrogens (tertiary/aromatic N) is 4. The lowest BCUT2D eigenvalue weighted by molar-refractivity contribution is -0.161. The second-order valence-corrected chi connectivity index (χ2v) is 7.68. The number of halogens is 3. The first-order valence-corrected chi connectivity index (χ1v) is 9.83. The van der Waals surface area contributed by atoms with E-state index in [2.05, 4.69) is 15.3 Å². The van der Waals surface area contributed by atoms with Gasteiger partial charge in [-0.1, -0.05) is 6.92 Å². The van der Waals surface area contributed by atoms with Crippen molar-refractivity contribution in [1.29, 1.82) is 0 Å². The molecule has 2 aromatic heterocycles. The predicted octanol–water partition coefficient (Wildman–Crippen LogP) is 2.35. The molecule has 0 aromatic carbocycles. The van der Waals surface area contributed by atoms with Crippen molar-refractivity contribution in [3.8, 4) is 0 Å². The summed E-state index contributed by atoms with van der Waals surface area (Å²) in [6.45, 7) is 2.63. The van der Waals surface area contributed by atoms with Gasteiger partial charge in [0.25, 0.3) is 0 Å². The lowest BCUT2D eigenvalue weighted by atomic mass is 10.2. The summed E-state index contributed by atoms with van der Waals surface area (Å²) in [5, 5.41) is 12.3. The summed E-state index contributed by atoms with van der Waals surface area (Å²) in [6.07, 6.45) is -5.18. The Morgan fingerprint density at radius 2 is 1.93 bits per heavy atom. The average molecular weight is 431 g/mol. The smallest absolute Gasteiger partial charge is 0.397 e. The Labute approximate surface area is 168 Å². The number of carbonyl (C=O) groups excluding carboxylic acids is 1. The van der Waals surface area contributed by atoms with E-state index in [1.165, 1.54) is 16.2 Å². The molecule has 8 nitrogen and oxygen atoms in total. The molecular formula is C17H20F3N5O3S. The topological polar surface area (TPSA) is 98.7 Å². The van der Waals surface area contributed by atoms with E-state index in [1.807, 2.05) is 17.9 Å². The molecule has 1 saturated heterocycles. The van der Waals surface area contributed by atoms with Gasteiger partial charge in [-0.3, -0.25) is 9.59 Å². The van der Waals surface area contributed by atoms with E-state index in [0.717, 1.165) is 16.7 Å². The Morgan fingerprint density at radius 3 is 2.52 bits per heavy atom. The first-order valence-electron chi connectivity index (χ1n) is 9.02. The van der Waals surface area contributed by atoms with E-state index < -0.39 is 24.5 Å². The van der Waals surface area contributed by atoms with Crippen LogP contribution in [0.1, 0.15) is 18.2 Å². The van der Waals surface area contributed by atoms with Crippen LogP contribution in [0.4, 0.5) is 24.9 Å². The normalized spacial score (nSPS) is 15.0. The molecule has 0 spiro atoms. The fourth-order valence-electron chi connectivity index (χ4n) is 3.06. The molecule has 1 amide bonds. The third-order valence-electron chi connectivity index (χ3n) is 4.45. The molecule has 2 aromatic rings. The molecule has 158 valence electrons. The van der Waals surface area contributed by atoms with Gasteiger partial charge in [-0.05, 0) is 12.5 Å². The number of anilines is 2. The molecule has 0 atom stereocenters. The number of carboxylic acids is 1. The largest absolute Gasteiger partial charge is 0.480 e. The monoisotopic (exact) mass is 431 g/mol. The van der Waals surface area contributed by atoms with Gasteiger partial charge >= 0.3 is 12.1 Å². The zero-order valence-corrected chi connectivity index (χ0v) is 16.4. The van der Waals surface area contributed by atoms with Crippen LogP contribution in [-0.2, 0) is 16.0 Å². The number of aryl methyl sites for hydroxylation is 1. The lowest BCUT2D eigenvalue weighted by Gasteiger charge is -2.36. The summed E-state index contributed by atoms with van der Waals surface area (Å²) in [7, 11) is 0. The van der Waals surface area contributed by atoms with Gasteiger partial charge in [0.1, 0.15) is 23.6 Å². The highest BCUT2D eigenvalue weighted by Crippen LogP contribution is 2.33. The number of carboxylic acid groups (broad SMARTS) is 1. The van der Waals surface area contributed by atoms with Gasteiger partial charge in [0, 0.05) is 31.1 Å². The number of carbonyl (C=O) groups is 2. The number of piperazine rings is 1. The minimum absolute atomic E-state index is 0.156. The average Bonchev–Trinajstić information content (AvgIpc) is 3.07. The van der Waals surface area contributed by atoms with Gasteiger partial charge in [-0.2, -0.15) is 18.2 Å². The molecule has 3 rings (SSSR count). The quantitative estimate of drug-likeness (QED) is 0.724. The van der Waals surface area contributed by atoms with Crippen LogP contribution in [-0.4, -0.2) is 70.8 Å². The molecule has 0 aliphatic carbocycles. The maximum atomic E-state index is 12.5. The Balaban J connectivity index is 1.80. The zero-order valence-electron chi connectivity index (χ0n) is 15.6. The highest BCUT2D eigenvalue weighted by Gasteiger charge is 2.34. The first-order chi connectivity index (χ1) is 13.7. The van der Waals surface area contributed by atoms with Crippen LogP contribution in [0.3, 0.4) is 0 Å². The van der Waals surface area contributed by atoms with Gasteiger partial charge < -0.3 is 20.2 Å². The molecule has 0 bridgehead atoms. The van der Waals surface area contributed by atoms with Crippen molar-refractivity contribution in [2.24, 2.45) is 0 Å². The van der Waals surface area contributed by atoms with Crippen LogP contribution in [0.15, 0.2) is 6.07 Å². The van der Waals surface area contributed by atoms with Gasteiger partial charge in [-0.15, -0.1) is 11.3 Å². The second-order valence-electron chi connectivity index (χ2n) is 6.56. The van der Waals surface area contributed by atoms with Crippen molar-refractivity contribution in [2.45, 2.75) is 25.9 Å². The van der Waals surface area contributed by atoms with Crippen molar-refractivity contribution in [2.75, 3.05) is 42.9 Å². The Morgan fingerprint density at radius 1 is 1.24 bits per heavy atom. The lowest BCUT2D eigenvalue weighted by Crippen LogP contribution is -2.49. The maximum Gasteiger partial charge on any atom is 0.397 e. The van der Waals surface area contributed by atoms with Crippen LogP contribution >= 0.6 is 11.3 Å². The number of fused-ring (bicyclic) bond motifs is 1. The van der Waals surface area contributed by atoms with E-state index in [4.69, 9.17) is 5.11 Å². The fourth-order valence-corrected chi connectivity index (χ4v) is 4.02. The van der Waals surface area contributed by atoms with Crippen molar-refractivity contribution in [1.82, 2.24) is 14.9 Å². The molecule has 12 heteroatoms. The summed E-state index contributed by atoms with van der Waals surface area (Å²) in [4.78, 5) is 36.3. The van der Waals surface area contributed by atoms with Gasteiger partial charge in [0.05, 0.1) is 5.39 Å². The predicted molar refractivity (Wildman–Crippen MR) is 102 cm³/mol. The summed E-state index contributed by atoms with van der Waals surface area (Å²) < 4.78 is 37.4. The number of rotatable bonds is 6. The van der Waals surface area contributed by atoms with Gasteiger partial charge in [0.15, 0.2) is 0 Å².